The van der Waals surface area contributed by atoms with Gasteiger partial charge in [0, 0.05) is 34.4 Å². The normalized spacial score (nSPS) is 10.6. The van der Waals surface area contributed by atoms with E-state index >= 15 is 0 Å². The number of nitrogens with zero attached hydrogens (tertiary/aromatic N) is 4. The lowest BCUT2D eigenvalue weighted by Gasteiger charge is -2.09. The monoisotopic (exact) mass is 347 g/mol. The molecule has 0 aliphatic rings. The summed E-state index contributed by atoms with van der Waals surface area (Å²) >= 11 is 5.94. The van der Waals surface area contributed by atoms with Crippen LogP contribution in [0.15, 0.2) is 79.4 Å². The van der Waals surface area contributed by atoms with Gasteiger partial charge in [0.1, 0.15) is 6.33 Å². The van der Waals surface area contributed by atoms with Crippen molar-refractivity contribution in [3.05, 3.63) is 84.4 Å². The van der Waals surface area contributed by atoms with E-state index in [9.17, 15) is 0 Å². The highest BCUT2D eigenvalue weighted by atomic mass is 35.5. The lowest BCUT2D eigenvalue weighted by Crippen LogP contribution is -1.96. The summed E-state index contributed by atoms with van der Waals surface area (Å²) in [6.07, 6.45) is 5.19. The number of para-hydroxylation sites is 1. The molecule has 5 nitrogen and oxygen atoms in total. The van der Waals surface area contributed by atoms with E-state index < -0.39 is 0 Å². The second-order valence-electron chi connectivity index (χ2n) is 5.40. The smallest absolute Gasteiger partial charge is 0.183 e. The van der Waals surface area contributed by atoms with Crippen molar-refractivity contribution in [1.29, 1.82) is 0 Å². The van der Waals surface area contributed by atoms with Crippen LogP contribution in [0.2, 0.25) is 5.02 Å². The average Bonchev–Trinajstić information content (AvgIpc) is 3.14. The van der Waals surface area contributed by atoms with Gasteiger partial charge in [-0.15, -0.1) is 5.10 Å². The second-order valence-corrected chi connectivity index (χ2v) is 5.83. The molecule has 6 heteroatoms. The van der Waals surface area contributed by atoms with Crippen molar-refractivity contribution in [2.24, 2.45) is 0 Å². The van der Waals surface area contributed by atoms with E-state index in [0.717, 1.165) is 22.6 Å². The maximum atomic E-state index is 5.94. The van der Waals surface area contributed by atoms with Crippen molar-refractivity contribution in [3.63, 3.8) is 0 Å². The van der Waals surface area contributed by atoms with Crippen molar-refractivity contribution in [3.8, 4) is 17.1 Å². The summed E-state index contributed by atoms with van der Waals surface area (Å²) in [6, 6.07) is 19.2. The molecule has 0 bridgehead atoms. The Balaban J connectivity index is 1.68. The summed E-state index contributed by atoms with van der Waals surface area (Å²) in [5, 5.41) is 8.66. The predicted octanol–water partition coefficient (Wildman–Crippen LogP) is 4.73. The molecule has 0 saturated carbocycles. The summed E-state index contributed by atoms with van der Waals surface area (Å²) < 4.78 is 1.73. The van der Waals surface area contributed by atoms with Crippen molar-refractivity contribution < 1.29 is 0 Å². The number of nitrogens with one attached hydrogen (secondary N) is 1. The van der Waals surface area contributed by atoms with Crippen molar-refractivity contribution in [2.45, 2.75) is 0 Å². The Morgan fingerprint density at radius 2 is 1.64 bits per heavy atom. The molecule has 122 valence electrons. The summed E-state index contributed by atoms with van der Waals surface area (Å²) in [6.45, 7) is 0. The minimum atomic E-state index is 0.645. The van der Waals surface area contributed by atoms with E-state index in [4.69, 9.17) is 11.6 Å². The average molecular weight is 348 g/mol. The Hall–Kier alpha value is -3.18. The molecule has 0 fully saturated rings. The third kappa shape index (κ3) is 3.36. The van der Waals surface area contributed by atoms with Gasteiger partial charge in [0.15, 0.2) is 5.82 Å². The Morgan fingerprint density at radius 1 is 0.880 bits per heavy atom. The molecule has 0 atom stereocenters. The Bertz CT molecular complexity index is 980. The van der Waals surface area contributed by atoms with Gasteiger partial charge in [0.2, 0.25) is 0 Å². The molecule has 2 aromatic heterocycles. The van der Waals surface area contributed by atoms with Crippen molar-refractivity contribution >= 4 is 23.0 Å². The van der Waals surface area contributed by atoms with E-state index in [1.165, 1.54) is 0 Å². The first-order valence-corrected chi connectivity index (χ1v) is 8.11. The molecule has 0 aliphatic carbocycles. The predicted molar refractivity (Wildman–Crippen MR) is 99.3 cm³/mol. The fourth-order valence-electron chi connectivity index (χ4n) is 2.48. The van der Waals surface area contributed by atoms with Gasteiger partial charge in [-0.05, 0) is 48.5 Å². The molecule has 0 radical (unpaired) electrons. The number of pyridine rings is 1. The van der Waals surface area contributed by atoms with Crippen LogP contribution in [0.1, 0.15) is 0 Å². The topological polar surface area (TPSA) is 55.6 Å². The summed E-state index contributed by atoms with van der Waals surface area (Å²) in [5.41, 5.74) is 3.72. The molecule has 0 spiro atoms. The number of benzene rings is 2. The number of hydrogen-bond donors (Lipinski definition) is 1. The zero-order valence-corrected chi connectivity index (χ0v) is 13.9. The highest BCUT2D eigenvalue weighted by Crippen LogP contribution is 2.28. The van der Waals surface area contributed by atoms with Crippen molar-refractivity contribution in [1.82, 2.24) is 19.7 Å². The van der Waals surface area contributed by atoms with Crippen LogP contribution in [0.3, 0.4) is 0 Å². The van der Waals surface area contributed by atoms with Gasteiger partial charge in [-0.2, -0.15) is 0 Å². The van der Waals surface area contributed by atoms with Crippen LogP contribution in [-0.2, 0) is 0 Å². The summed E-state index contributed by atoms with van der Waals surface area (Å²) in [4.78, 5) is 8.49. The summed E-state index contributed by atoms with van der Waals surface area (Å²) in [5.74, 6) is 0.645. The largest absolute Gasteiger partial charge is 0.355 e. The number of anilines is 2. The quantitative estimate of drug-likeness (QED) is 0.580. The van der Waals surface area contributed by atoms with Crippen LogP contribution in [0.4, 0.5) is 11.4 Å². The molecular weight excluding hydrogens is 334 g/mol. The molecule has 0 amide bonds. The number of halogens is 1. The Kier molecular flexibility index (Phi) is 4.14. The molecule has 25 heavy (non-hydrogen) atoms. The van der Waals surface area contributed by atoms with Crippen molar-refractivity contribution in [2.75, 3.05) is 5.32 Å². The van der Waals surface area contributed by atoms with Crippen LogP contribution in [0.5, 0.6) is 0 Å². The Labute approximate surface area is 150 Å². The molecule has 0 saturated heterocycles. The zero-order chi connectivity index (χ0) is 17.1. The zero-order valence-electron chi connectivity index (χ0n) is 13.2. The van der Waals surface area contributed by atoms with Gasteiger partial charge >= 0.3 is 0 Å². The number of aromatic nitrogens is 4. The molecular formula is C19H14ClN5. The summed E-state index contributed by atoms with van der Waals surface area (Å²) in [7, 11) is 0. The molecule has 0 aliphatic heterocycles. The standard InChI is InChI=1S/C19H14ClN5/c20-14-5-7-16(8-6-14)25-13-22-19(24-25)17-3-1-2-4-18(17)23-15-9-11-21-12-10-15/h1-13H,(H,21,23). The van der Waals surface area contributed by atoms with Gasteiger partial charge in [-0.1, -0.05) is 23.7 Å². The highest BCUT2D eigenvalue weighted by molar-refractivity contribution is 6.30. The second kappa shape index (κ2) is 6.75. The van der Waals surface area contributed by atoms with Gasteiger partial charge in [-0.3, -0.25) is 4.98 Å². The minimum Gasteiger partial charge on any atom is -0.355 e. The van der Waals surface area contributed by atoms with Gasteiger partial charge in [-0.25, -0.2) is 9.67 Å². The van der Waals surface area contributed by atoms with E-state index in [0.29, 0.717) is 10.8 Å². The minimum absolute atomic E-state index is 0.645. The lowest BCUT2D eigenvalue weighted by molar-refractivity contribution is 0.882. The van der Waals surface area contributed by atoms with Gasteiger partial charge in [0.05, 0.1) is 5.69 Å². The van der Waals surface area contributed by atoms with Crippen LogP contribution in [0.25, 0.3) is 17.1 Å². The fourth-order valence-corrected chi connectivity index (χ4v) is 2.61. The van der Waals surface area contributed by atoms with E-state index in [2.05, 4.69) is 20.4 Å². The van der Waals surface area contributed by atoms with E-state index in [1.807, 2.05) is 60.7 Å². The van der Waals surface area contributed by atoms with E-state index in [1.54, 1.807) is 23.4 Å². The van der Waals surface area contributed by atoms with Gasteiger partial charge < -0.3 is 5.32 Å². The maximum absolute atomic E-state index is 5.94. The molecule has 0 unspecified atom stereocenters. The molecule has 2 heterocycles. The molecule has 4 aromatic rings. The third-order valence-electron chi connectivity index (χ3n) is 3.71. The fraction of sp³-hybridized carbons (Fsp3) is 0. The van der Waals surface area contributed by atoms with Crippen LogP contribution >= 0.6 is 11.6 Å². The highest BCUT2D eigenvalue weighted by Gasteiger charge is 2.10. The first-order chi connectivity index (χ1) is 12.3. The first kappa shape index (κ1) is 15.4. The third-order valence-corrected chi connectivity index (χ3v) is 3.96. The molecule has 2 aromatic carbocycles. The van der Waals surface area contributed by atoms with E-state index in [-0.39, 0.29) is 0 Å². The lowest BCUT2D eigenvalue weighted by atomic mass is 10.1. The number of rotatable bonds is 4. The number of hydrogen-bond acceptors (Lipinski definition) is 4. The maximum Gasteiger partial charge on any atom is 0.183 e. The van der Waals surface area contributed by atoms with Crippen LogP contribution in [0, 0.1) is 0 Å². The molecule has 1 N–H and O–H groups in total. The van der Waals surface area contributed by atoms with Crippen LogP contribution < -0.4 is 5.32 Å². The van der Waals surface area contributed by atoms with Gasteiger partial charge in [0.25, 0.3) is 0 Å². The SMILES string of the molecule is Clc1ccc(-n2cnc(-c3ccccc3Nc3ccncc3)n2)cc1. The first-order valence-electron chi connectivity index (χ1n) is 7.74. The molecule has 4 rings (SSSR count). The van der Waals surface area contributed by atoms with Crippen LogP contribution in [-0.4, -0.2) is 19.7 Å². The Morgan fingerprint density at radius 3 is 2.44 bits per heavy atom.